The van der Waals surface area contributed by atoms with Gasteiger partial charge in [-0.05, 0) is 32.9 Å². The van der Waals surface area contributed by atoms with Crippen molar-refractivity contribution in [2.75, 3.05) is 7.05 Å². The molecular weight excluding hydrogens is 254 g/mol. The number of benzene rings is 1. The van der Waals surface area contributed by atoms with E-state index in [1.165, 1.54) is 5.56 Å². The maximum Gasteiger partial charge on any atom is 0.134 e. The second-order valence-electron chi connectivity index (χ2n) is 5.19. The average molecular weight is 275 g/mol. The van der Waals surface area contributed by atoms with Gasteiger partial charge in [-0.15, -0.1) is 10.2 Å². The third-order valence-electron chi connectivity index (χ3n) is 3.53. The Morgan fingerprint density at radius 1 is 1.21 bits per heavy atom. The molecule has 0 aliphatic heterocycles. The highest BCUT2D eigenvalue weighted by molar-refractivity contribution is 7.11. The largest absolute Gasteiger partial charge is 0.311 e. The molecule has 0 fully saturated rings. The van der Waals surface area contributed by atoms with E-state index in [0.29, 0.717) is 6.04 Å². The summed E-state index contributed by atoms with van der Waals surface area (Å²) in [5.74, 6) is 0. The predicted molar refractivity (Wildman–Crippen MR) is 80.6 cm³/mol. The quantitative estimate of drug-likeness (QED) is 0.907. The molecule has 0 radical (unpaired) electrons. The molecule has 0 bridgehead atoms. The maximum atomic E-state index is 4.41. The monoisotopic (exact) mass is 275 g/mol. The fourth-order valence-electron chi connectivity index (χ4n) is 2.11. The number of rotatable bonds is 5. The van der Waals surface area contributed by atoms with Gasteiger partial charge in [0.1, 0.15) is 10.0 Å². The van der Waals surface area contributed by atoms with Gasteiger partial charge in [-0.2, -0.15) is 0 Å². The third kappa shape index (κ3) is 2.85. The van der Waals surface area contributed by atoms with Crippen molar-refractivity contribution in [2.24, 2.45) is 0 Å². The summed E-state index contributed by atoms with van der Waals surface area (Å²) >= 11 is 1.71. The SMILES string of the molecule is CCC(NC)c1nnc(C(C)(C)c2ccccc2)s1. The van der Waals surface area contributed by atoms with Crippen LogP contribution in [0.1, 0.15) is 48.8 Å². The summed E-state index contributed by atoms with van der Waals surface area (Å²) in [6, 6.07) is 10.8. The Labute approximate surface area is 119 Å². The second kappa shape index (κ2) is 5.80. The molecule has 1 aromatic carbocycles. The molecule has 1 atom stereocenters. The summed E-state index contributed by atoms with van der Waals surface area (Å²) < 4.78 is 0. The van der Waals surface area contributed by atoms with Crippen LogP contribution < -0.4 is 5.32 Å². The van der Waals surface area contributed by atoms with Gasteiger partial charge in [0.15, 0.2) is 0 Å². The summed E-state index contributed by atoms with van der Waals surface area (Å²) in [5.41, 5.74) is 1.18. The van der Waals surface area contributed by atoms with Crippen LogP contribution in [-0.4, -0.2) is 17.2 Å². The first kappa shape index (κ1) is 14.2. The molecule has 0 aliphatic rings. The number of nitrogens with zero attached hydrogens (tertiary/aromatic N) is 2. The van der Waals surface area contributed by atoms with Gasteiger partial charge in [0.25, 0.3) is 0 Å². The number of hydrogen-bond donors (Lipinski definition) is 1. The lowest BCUT2D eigenvalue weighted by Gasteiger charge is -2.21. The number of nitrogens with one attached hydrogen (secondary N) is 1. The predicted octanol–water partition coefficient (Wildman–Crippen LogP) is 3.53. The molecule has 0 saturated heterocycles. The Bertz CT molecular complexity index is 515. The molecule has 4 heteroatoms. The van der Waals surface area contributed by atoms with E-state index in [1.807, 2.05) is 13.1 Å². The van der Waals surface area contributed by atoms with Crippen molar-refractivity contribution in [1.29, 1.82) is 0 Å². The third-order valence-corrected chi connectivity index (χ3v) is 4.89. The summed E-state index contributed by atoms with van der Waals surface area (Å²) in [6.45, 7) is 6.56. The van der Waals surface area contributed by atoms with Crippen molar-refractivity contribution in [3.63, 3.8) is 0 Å². The van der Waals surface area contributed by atoms with Crippen molar-refractivity contribution in [3.8, 4) is 0 Å². The van der Waals surface area contributed by atoms with Crippen LogP contribution in [0.5, 0.6) is 0 Å². The lowest BCUT2D eigenvalue weighted by Crippen LogP contribution is -2.18. The number of hydrogen-bond acceptors (Lipinski definition) is 4. The van der Waals surface area contributed by atoms with E-state index in [0.717, 1.165) is 16.4 Å². The minimum Gasteiger partial charge on any atom is -0.311 e. The first-order chi connectivity index (χ1) is 9.09. The van der Waals surface area contributed by atoms with Crippen LogP contribution in [0.2, 0.25) is 0 Å². The molecule has 1 heterocycles. The molecule has 19 heavy (non-hydrogen) atoms. The summed E-state index contributed by atoms with van der Waals surface area (Å²) in [6.07, 6.45) is 1.02. The molecule has 0 amide bonds. The summed E-state index contributed by atoms with van der Waals surface area (Å²) in [4.78, 5) is 0. The van der Waals surface area contributed by atoms with E-state index in [-0.39, 0.29) is 5.41 Å². The van der Waals surface area contributed by atoms with Crippen LogP contribution in [0, 0.1) is 0 Å². The van der Waals surface area contributed by atoms with Crippen molar-refractivity contribution in [2.45, 2.75) is 38.6 Å². The van der Waals surface area contributed by atoms with E-state index in [1.54, 1.807) is 11.3 Å². The summed E-state index contributed by atoms with van der Waals surface area (Å²) in [7, 11) is 1.97. The Kier molecular flexibility index (Phi) is 4.32. The van der Waals surface area contributed by atoms with Gasteiger partial charge < -0.3 is 5.32 Å². The fraction of sp³-hybridized carbons (Fsp3) is 0.467. The van der Waals surface area contributed by atoms with Crippen molar-refractivity contribution in [1.82, 2.24) is 15.5 Å². The zero-order valence-corrected chi connectivity index (χ0v) is 12.8. The van der Waals surface area contributed by atoms with Gasteiger partial charge in [-0.1, -0.05) is 48.6 Å². The molecule has 0 aliphatic carbocycles. The minimum atomic E-state index is -0.0940. The first-order valence-electron chi connectivity index (χ1n) is 6.66. The highest BCUT2D eigenvalue weighted by Crippen LogP contribution is 2.34. The smallest absolute Gasteiger partial charge is 0.134 e. The van der Waals surface area contributed by atoms with Gasteiger partial charge in [0.05, 0.1) is 6.04 Å². The van der Waals surface area contributed by atoms with Crippen LogP contribution in [0.3, 0.4) is 0 Å². The van der Waals surface area contributed by atoms with Gasteiger partial charge >= 0.3 is 0 Å². The Hall–Kier alpha value is -1.26. The molecule has 1 N–H and O–H groups in total. The van der Waals surface area contributed by atoms with Crippen LogP contribution in [0.15, 0.2) is 30.3 Å². The molecule has 0 saturated carbocycles. The molecule has 102 valence electrons. The standard InChI is InChI=1S/C15H21N3S/c1-5-12(16-4)13-17-18-14(19-13)15(2,3)11-9-7-6-8-10-11/h6-10,12,16H,5H2,1-4H3. The highest BCUT2D eigenvalue weighted by atomic mass is 32.1. The second-order valence-corrected chi connectivity index (χ2v) is 6.20. The van der Waals surface area contributed by atoms with Crippen LogP contribution in [-0.2, 0) is 5.41 Å². The molecule has 1 unspecified atom stereocenters. The fourth-order valence-corrected chi connectivity index (χ4v) is 3.27. The van der Waals surface area contributed by atoms with E-state index in [9.17, 15) is 0 Å². The summed E-state index contributed by atoms with van der Waals surface area (Å²) in [5, 5.41) is 14.2. The van der Waals surface area contributed by atoms with E-state index in [4.69, 9.17) is 0 Å². The zero-order chi connectivity index (χ0) is 13.9. The first-order valence-corrected chi connectivity index (χ1v) is 7.48. The number of aromatic nitrogens is 2. The topological polar surface area (TPSA) is 37.8 Å². The molecular formula is C15H21N3S. The Morgan fingerprint density at radius 2 is 1.89 bits per heavy atom. The van der Waals surface area contributed by atoms with Gasteiger partial charge in [-0.25, -0.2) is 0 Å². The van der Waals surface area contributed by atoms with Gasteiger partial charge in [-0.3, -0.25) is 0 Å². The van der Waals surface area contributed by atoms with Crippen molar-refractivity contribution < 1.29 is 0 Å². The van der Waals surface area contributed by atoms with E-state index >= 15 is 0 Å². The van der Waals surface area contributed by atoms with Crippen molar-refractivity contribution >= 4 is 11.3 Å². The van der Waals surface area contributed by atoms with E-state index in [2.05, 4.69) is 60.6 Å². The maximum absolute atomic E-state index is 4.41. The molecule has 1 aromatic heterocycles. The zero-order valence-electron chi connectivity index (χ0n) is 12.0. The molecule has 2 aromatic rings. The normalized spacial score (nSPS) is 13.5. The van der Waals surface area contributed by atoms with Crippen LogP contribution >= 0.6 is 11.3 Å². The highest BCUT2D eigenvalue weighted by Gasteiger charge is 2.28. The Balaban J connectivity index is 2.32. The molecule has 3 nitrogen and oxygen atoms in total. The minimum absolute atomic E-state index is 0.0940. The van der Waals surface area contributed by atoms with Gasteiger partial charge in [0.2, 0.25) is 0 Å². The van der Waals surface area contributed by atoms with E-state index < -0.39 is 0 Å². The van der Waals surface area contributed by atoms with Crippen LogP contribution in [0.4, 0.5) is 0 Å². The molecule has 0 spiro atoms. The van der Waals surface area contributed by atoms with Crippen molar-refractivity contribution in [3.05, 3.63) is 45.9 Å². The lowest BCUT2D eigenvalue weighted by molar-refractivity contribution is 0.566. The van der Waals surface area contributed by atoms with Gasteiger partial charge in [0, 0.05) is 5.41 Å². The Morgan fingerprint density at radius 3 is 2.47 bits per heavy atom. The average Bonchev–Trinajstić information content (AvgIpc) is 2.92. The van der Waals surface area contributed by atoms with Crippen LogP contribution in [0.25, 0.3) is 0 Å². The lowest BCUT2D eigenvalue weighted by atomic mass is 9.85. The molecule has 2 rings (SSSR count).